The molecule has 3 heterocycles. The minimum absolute atomic E-state index is 0.000669. The number of aromatic nitrogens is 1. The lowest BCUT2D eigenvalue weighted by atomic mass is 9.98. The number of carbonyl (C=O) groups excluding carboxylic acids is 2. The molecule has 1 aromatic heterocycles. The highest BCUT2D eigenvalue weighted by atomic mass is 16.5. The summed E-state index contributed by atoms with van der Waals surface area (Å²) in [5.41, 5.74) is 4.36. The van der Waals surface area contributed by atoms with Crippen LogP contribution in [0.5, 0.6) is 11.5 Å². The number of fused-ring (bicyclic) bond motifs is 1. The number of rotatable bonds is 5. The van der Waals surface area contributed by atoms with Gasteiger partial charge in [0.05, 0.1) is 24.0 Å². The van der Waals surface area contributed by atoms with Gasteiger partial charge in [-0.3, -0.25) is 9.78 Å². The first kappa shape index (κ1) is 24.2. The van der Waals surface area contributed by atoms with Crippen LogP contribution in [0.15, 0.2) is 102 Å². The number of nitrogens with one attached hydrogen (secondary N) is 1. The Morgan fingerprint density at radius 2 is 1.79 bits per heavy atom. The normalized spacial score (nSPS) is 16.4. The van der Waals surface area contributed by atoms with E-state index >= 15 is 0 Å². The quantitative estimate of drug-likeness (QED) is 0.382. The summed E-state index contributed by atoms with van der Waals surface area (Å²) in [7, 11) is 0. The van der Waals surface area contributed by atoms with Crippen molar-refractivity contribution in [3.8, 4) is 11.5 Å². The molecule has 6 rings (SSSR count). The summed E-state index contributed by atoms with van der Waals surface area (Å²) in [6.07, 6.45) is 3.82. The van der Waals surface area contributed by atoms with Crippen LogP contribution in [0, 0.1) is 0 Å². The van der Waals surface area contributed by atoms with Gasteiger partial charge in [0.2, 0.25) is 0 Å². The number of urea groups is 1. The second kappa shape index (κ2) is 10.3. The maximum atomic E-state index is 13.4. The molecular formula is C30H25N5O4. The zero-order valence-corrected chi connectivity index (χ0v) is 20.9. The molecule has 0 saturated carbocycles. The summed E-state index contributed by atoms with van der Waals surface area (Å²) in [5, 5.41) is 19.4. The highest BCUT2D eigenvalue weighted by Crippen LogP contribution is 2.37. The molecule has 39 heavy (non-hydrogen) atoms. The van der Waals surface area contributed by atoms with Crippen molar-refractivity contribution in [1.82, 2.24) is 9.99 Å². The van der Waals surface area contributed by atoms with Gasteiger partial charge in [-0.05, 0) is 42.0 Å². The summed E-state index contributed by atoms with van der Waals surface area (Å²) >= 11 is 0. The Morgan fingerprint density at radius 1 is 1.00 bits per heavy atom. The van der Waals surface area contributed by atoms with Gasteiger partial charge in [0, 0.05) is 35.6 Å². The molecule has 9 heteroatoms. The Balaban J connectivity index is 1.20. The second-order valence-corrected chi connectivity index (χ2v) is 9.28. The molecule has 0 spiro atoms. The van der Waals surface area contributed by atoms with Gasteiger partial charge in [-0.1, -0.05) is 48.5 Å². The molecular weight excluding hydrogens is 494 g/mol. The number of hydrogen-bond acceptors (Lipinski definition) is 6. The van der Waals surface area contributed by atoms with Crippen LogP contribution in [0.1, 0.15) is 29.2 Å². The molecule has 9 nitrogen and oxygen atoms in total. The van der Waals surface area contributed by atoms with Crippen molar-refractivity contribution in [2.75, 3.05) is 16.8 Å². The Morgan fingerprint density at radius 3 is 2.59 bits per heavy atom. The predicted molar refractivity (Wildman–Crippen MR) is 147 cm³/mol. The van der Waals surface area contributed by atoms with Gasteiger partial charge >= 0.3 is 6.03 Å². The van der Waals surface area contributed by atoms with Gasteiger partial charge in [0.25, 0.3) is 5.91 Å². The van der Waals surface area contributed by atoms with E-state index in [-0.39, 0.29) is 18.3 Å². The largest absolute Gasteiger partial charge is 0.508 e. The number of nitrogens with zero attached hydrogens (tertiary/aromatic N) is 4. The Labute approximate surface area is 225 Å². The maximum absolute atomic E-state index is 13.4. The number of hydrazone groups is 1. The van der Waals surface area contributed by atoms with Crippen molar-refractivity contribution in [2.24, 2.45) is 5.10 Å². The lowest BCUT2D eigenvalue weighted by molar-refractivity contribution is -0.121. The summed E-state index contributed by atoms with van der Waals surface area (Å²) in [4.78, 5) is 31.8. The summed E-state index contributed by atoms with van der Waals surface area (Å²) in [6.45, 7) is 0.383. The van der Waals surface area contributed by atoms with Crippen molar-refractivity contribution in [1.29, 1.82) is 0 Å². The number of ether oxygens (including phenoxy) is 1. The summed E-state index contributed by atoms with van der Waals surface area (Å²) < 4.78 is 5.53. The van der Waals surface area contributed by atoms with Gasteiger partial charge in [-0.2, -0.15) is 5.10 Å². The fourth-order valence-corrected chi connectivity index (χ4v) is 4.80. The van der Waals surface area contributed by atoms with E-state index in [0.29, 0.717) is 35.7 Å². The second-order valence-electron chi connectivity index (χ2n) is 9.28. The first-order chi connectivity index (χ1) is 19.1. The van der Waals surface area contributed by atoms with Crippen LogP contribution in [0.25, 0.3) is 0 Å². The molecule has 0 aliphatic carbocycles. The third-order valence-corrected chi connectivity index (χ3v) is 6.76. The number of phenols is 1. The number of pyridine rings is 1. The monoisotopic (exact) mass is 519 g/mol. The third kappa shape index (κ3) is 4.89. The Hall–Kier alpha value is -5.18. The van der Waals surface area contributed by atoms with E-state index in [0.717, 1.165) is 16.8 Å². The van der Waals surface area contributed by atoms with Crippen LogP contribution < -0.4 is 15.0 Å². The highest BCUT2D eigenvalue weighted by Gasteiger charge is 2.35. The molecule has 194 valence electrons. The lowest BCUT2D eigenvalue weighted by Gasteiger charge is -2.29. The number of anilines is 2. The van der Waals surface area contributed by atoms with E-state index in [2.05, 4.69) is 15.4 Å². The van der Waals surface area contributed by atoms with Crippen LogP contribution in [-0.4, -0.2) is 39.4 Å². The third-order valence-electron chi connectivity index (χ3n) is 6.76. The fraction of sp³-hybridized carbons (Fsp3) is 0.133. The Kier molecular flexibility index (Phi) is 6.38. The van der Waals surface area contributed by atoms with Crippen molar-refractivity contribution in [3.05, 3.63) is 114 Å². The average molecular weight is 520 g/mol. The van der Waals surface area contributed by atoms with E-state index in [1.807, 2.05) is 54.6 Å². The van der Waals surface area contributed by atoms with Gasteiger partial charge in [0.15, 0.2) is 6.61 Å². The molecule has 2 aliphatic heterocycles. The number of amides is 3. The number of benzene rings is 3. The first-order valence-corrected chi connectivity index (χ1v) is 12.5. The first-order valence-electron chi connectivity index (χ1n) is 12.5. The van der Waals surface area contributed by atoms with Gasteiger partial charge in [-0.25, -0.2) is 9.80 Å². The number of hydrogen-bond donors (Lipinski definition) is 2. The smallest absolute Gasteiger partial charge is 0.342 e. The van der Waals surface area contributed by atoms with Crippen LogP contribution in [0.4, 0.5) is 16.2 Å². The topological polar surface area (TPSA) is 107 Å². The van der Waals surface area contributed by atoms with Crippen molar-refractivity contribution in [3.63, 3.8) is 0 Å². The average Bonchev–Trinajstić information content (AvgIpc) is 3.42. The van der Waals surface area contributed by atoms with Crippen molar-refractivity contribution in [2.45, 2.75) is 19.0 Å². The standard InChI is InChI=1S/C30H25N5O4/c36-27-9-3-1-7-23(27)26-16-24(21-6-5-15-31-17-21)33-35(26)30(38)32-22-13-11-20(12-14-22)18-34-25-8-2-4-10-28(25)39-19-29(34)37/h1-15,17,26,36H,16,18-19H2,(H,32,38). The molecule has 0 saturated heterocycles. The van der Waals surface area contributed by atoms with E-state index in [1.54, 1.807) is 47.6 Å². The minimum Gasteiger partial charge on any atom is -0.508 e. The summed E-state index contributed by atoms with van der Waals surface area (Å²) in [5.74, 6) is 0.668. The van der Waals surface area contributed by atoms with Crippen LogP contribution in [0.2, 0.25) is 0 Å². The zero-order chi connectivity index (χ0) is 26.8. The number of aromatic hydroxyl groups is 1. The predicted octanol–water partition coefficient (Wildman–Crippen LogP) is 5.10. The number of para-hydroxylation sites is 3. The van der Waals surface area contributed by atoms with Crippen molar-refractivity contribution >= 4 is 29.0 Å². The number of phenolic OH excluding ortho intramolecular Hbond substituents is 1. The van der Waals surface area contributed by atoms with Crippen molar-refractivity contribution < 1.29 is 19.4 Å². The Bertz CT molecular complexity index is 1560. The maximum Gasteiger partial charge on any atom is 0.342 e. The van der Waals surface area contributed by atoms with Crippen LogP contribution in [-0.2, 0) is 11.3 Å². The van der Waals surface area contributed by atoms with E-state index < -0.39 is 12.1 Å². The van der Waals surface area contributed by atoms with E-state index in [9.17, 15) is 14.7 Å². The van der Waals surface area contributed by atoms with Gasteiger partial charge in [-0.15, -0.1) is 0 Å². The molecule has 1 unspecified atom stereocenters. The zero-order valence-electron chi connectivity index (χ0n) is 20.9. The summed E-state index contributed by atoms with van der Waals surface area (Å²) in [6, 6.07) is 24.5. The minimum atomic E-state index is -0.479. The molecule has 0 radical (unpaired) electrons. The molecule has 4 aromatic rings. The van der Waals surface area contributed by atoms with E-state index in [1.165, 1.54) is 5.01 Å². The number of carbonyl (C=O) groups is 2. The molecule has 3 amide bonds. The van der Waals surface area contributed by atoms with Gasteiger partial charge < -0.3 is 20.1 Å². The fourth-order valence-electron chi connectivity index (χ4n) is 4.80. The SMILES string of the molecule is O=C1COc2ccccc2N1Cc1ccc(NC(=O)N2N=C(c3cccnc3)CC2c2ccccc2O)cc1. The lowest BCUT2D eigenvalue weighted by Crippen LogP contribution is -2.38. The highest BCUT2D eigenvalue weighted by molar-refractivity contribution is 6.04. The molecule has 3 aromatic carbocycles. The van der Waals surface area contributed by atoms with Gasteiger partial charge in [0.1, 0.15) is 11.5 Å². The molecule has 1 atom stereocenters. The molecule has 0 bridgehead atoms. The van der Waals surface area contributed by atoms with Crippen LogP contribution >= 0.6 is 0 Å². The molecule has 2 aliphatic rings. The molecule has 0 fully saturated rings. The van der Waals surface area contributed by atoms with E-state index in [4.69, 9.17) is 4.74 Å². The van der Waals surface area contributed by atoms with Crippen LogP contribution in [0.3, 0.4) is 0 Å². The molecule has 2 N–H and O–H groups in total.